The van der Waals surface area contributed by atoms with Gasteiger partial charge in [-0.3, -0.25) is 19.5 Å². The number of piperidine rings is 1. The van der Waals surface area contributed by atoms with Gasteiger partial charge in [-0.2, -0.15) is 0 Å². The lowest BCUT2D eigenvalue weighted by Crippen LogP contribution is -2.40. The van der Waals surface area contributed by atoms with Crippen molar-refractivity contribution >= 4 is 16.9 Å². The summed E-state index contributed by atoms with van der Waals surface area (Å²) in [5, 5.41) is 2.56. The normalized spacial score (nSPS) is 16.9. The fourth-order valence-electron chi connectivity index (χ4n) is 3.93. The van der Waals surface area contributed by atoms with Gasteiger partial charge in [0.25, 0.3) is 11.5 Å². The Labute approximate surface area is 180 Å². The van der Waals surface area contributed by atoms with Crippen LogP contribution in [0.3, 0.4) is 0 Å². The predicted molar refractivity (Wildman–Crippen MR) is 118 cm³/mol. The van der Waals surface area contributed by atoms with Crippen LogP contribution in [-0.4, -0.2) is 52.0 Å². The summed E-state index contributed by atoms with van der Waals surface area (Å²) in [6.07, 6.45) is 6.22. The second-order valence-corrected chi connectivity index (χ2v) is 7.83. The zero-order valence-corrected chi connectivity index (χ0v) is 17.9. The molecule has 0 unspecified atom stereocenters. The van der Waals surface area contributed by atoms with Crippen LogP contribution in [0, 0.1) is 0 Å². The maximum atomic E-state index is 12.1. The van der Waals surface area contributed by atoms with E-state index in [-0.39, 0.29) is 17.6 Å². The molecule has 8 heteroatoms. The standard InChI is InChI=1S/C23H27N5O3/c1-3-16-10-20-21(27-22(16)29)9-15(11-25-20)13-28-8-4-5-18(14-28)31-17-6-7-19(26-12-17)23(30)24-2/h6-7,9-12,18H,3-5,8,13-14H2,1-2H3,(H,24,30)(H,27,29)/t18-/m1/s1. The minimum absolute atomic E-state index is 0.0450. The lowest BCUT2D eigenvalue weighted by molar-refractivity contribution is 0.0839. The number of pyridine rings is 3. The molecule has 4 heterocycles. The number of carbonyl (C=O) groups is 1. The van der Waals surface area contributed by atoms with Crippen LogP contribution in [0.15, 0.2) is 41.5 Å². The third kappa shape index (κ3) is 4.91. The number of carbonyl (C=O) groups excluding carboxylic acids is 1. The minimum atomic E-state index is -0.216. The second-order valence-electron chi connectivity index (χ2n) is 7.83. The number of hydrogen-bond donors (Lipinski definition) is 2. The summed E-state index contributed by atoms with van der Waals surface area (Å²) in [4.78, 5) is 37.7. The average Bonchev–Trinajstić information content (AvgIpc) is 2.79. The fourth-order valence-corrected chi connectivity index (χ4v) is 3.93. The average molecular weight is 422 g/mol. The molecular weight excluding hydrogens is 394 g/mol. The first-order valence-corrected chi connectivity index (χ1v) is 10.6. The van der Waals surface area contributed by atoms with E-state index >= 15 is 0 Å². The van der Waals surface area contributed by atoms with E-state index in [1.165, 1.54) is 0 Å². The molecule has 2 N–H and O–H groups in total. The van der Waals surface area contributed by atoms with Crippen molar-refractivity contribution in [1.29, 1.82) is 0 Å². The van der Waals surface area contributed by atoms with E-state index in [9.17, 15) is 9.59 Å². The topological polar surface area (TPSA) is 100 Å². The van der Waals surface area contributed by atoms with Crippen LogP contribution >= 0.6 is 0 Å². The van der Waals surface area contributed by atoms with E-state index < -0.39 is 0 Å². The number of aryl methyl sites for hydroxylation is 1. The Bertz CT molecular complexity index is 1130. The summed E-state index contributed by atoms with van der Waals surface area (Å²) in [5.74, 6) is 0.447. The molecule has 1 aliphatic rings. The Morgan fingerprint density at radius 1 is 1.29 bits per heavy atom. The number of aromatic nitrogens is 3. The Balaban J connectivity index is 1.40. The van der Waals surface area contributed by atoms with Gasteiger partial charge in [-0.1, -0.05) is 6.92 Å². The van der Waals surface area contributed by atoms with Gasteiger partial charge < -0.3 is 15.0 Å². The van der Waals surface area contributed by atoms with Crippen LogP contribution in [0.5, 0.6) is 5.75 Å². The van der Waals surface area contributed by atoms with Crippen molar-refractivity contribution in [3.63, 3.8) is 0 Å². The zero-order valence-electron chi connectivity index (χ0n) is 17.9. The van der Waals surface area contributed by atoms with Gasteiger partial charge in [0.2, 0.25) is 0 Å². The van der Waals surface area contributed by atoms with Crippen LogP contribution < -0.4 is 15.6 Å². The number of H-pyrrole nitrogens is 1. The quantitative estimate of drug-likeness (QED) is 0.633. The molecule has 1 aliphatic heterocycles. The summed E-state index contributed by atoms with van der Waals surface area (Å²) in [7, 11) is 1.58. The molecular formula is C23H27N5O3. The molecule has 0 bridgehead atoms. The summed E-state index contributed by atoms with van der Waals surface area (Å²) in [6, 6.07) is 7.33. The van der Waals surface area contributed by atoms with Gasteiger partial charge in [-0.15, -0.1) is 0 Å². The van der Waals surface area contributed by atoms with Crippen LogP contribution in [-0.2, 0) is 13.0 Å². The number of fused-ring (bicyclic) bond motifs is 1. The number of amides is 1. The van der Waals surface area contributed by atoms with E-state index in [4.69, 9.17) is 4.74 Å². The van der Waals surface area contributed by atoms with E-state index in [1.807, 2.05) is 25.3 Å². The number of likely N-dealkylation sites (tertiary alicyclic amines) is 1. The number of aromatic amines is 1. The van der Waals surface area contributed by atoms with Gasteiger partial charge in [0, 0.05) is 31.9 Å². The smallest absolute Gasteiger partial charge is 0.269 e. The highest BCUT2D eigenvalue weighted by atomic mass is 16.5. The fraction of sp³-hybridized carbons (Fsp3) is 0.391. The number of hydrogen-bond acceptors (Lipinski definition) is 6. The molecule has 0 spiro atoms. The minimum Gasteiger partial charge on any atom is -0.487 e. The molecule has 1 amide bonds. The molecule has 0 radical (unpaired) electrons. The van der Waals surface area contributed by atoms with Crippen molar-refractivity contribution < 1.29 is 9.53 Å². The Morgan fingerprint density at radius 2 is 2.16 bits per heavy atom. The van der Waals surface area contributed by atoms with Crippen molar-refractivity contribution in [3.05, 3.63) is 63.8 Å². The molecule has 0 saturated carbocycles. The van der Waals surface area contributed by atoms with E-state index in [0.717, 1.165) is 54.6 Å². The second kappa shape index (κ2) is 9.26. The van der Waals surface area contributed by atoms with Crippen molar-refractivity contribution in [2.24, 2.45) is 0 Å². The highest BCUT2D eigenvalue weighted by molar-refractivity contribution is 5.91. The molecule has 4 rings (SSSR count). The van der Waals surface area contributed by atoms with E-state index in [1.54, 1.807) is 25.4 Å². The van der Waals surface area contributed by atoms with Gasteiger partial charge in [-0.05, 0) is 55.6 Å². The molecule has 1 atom stereocenters. The number of ether oxygens (including phenoxy) is 1. The summed E-state index contributed by atoms with van der Waals surface area (Å²) < 4.78 is 6.10. The first-order valence-electron chi connectivity index (χ1n) is 10.6. The van der Waals surface area contributed by atoms with Gasteiger partial charge in [0.05, 0.1) is 17.2 Å². The van der Waals surface area contributed by atoms with Crippen molar-refractivity contribution in [1.82, 2.24) is 25.2 Å². The molecule has 0 aliphatic carbocycles. The monoisotopic (exact) mass is 421 g/mol. The molecule has 0 aromatic carbocycles. The predicted octanol–water partition coefficient (Wildman–Crippen LogP) is 2.28. The molecule has 162 valence electrons. The summed E-state index contributed by atoms with van der Waals surface area (Å²) >= 11 is 0. The number of nitrogens with one attached hydrogen (secondary N) is 2. The molecule has 1 fully saturated rings. The van der Waals surface area contributed by atoms with Crippen LogP contribution in [0.25, 0.3) is 11.0 Å². The molecule has 3 aromatic heterocycles. The van der Waals surface area contributed by atoms with Crippen LogP contribution in [0.1, 0.15) is 41.4 Å². The molecule has 31 heavy (non-hydrogen) atoms. The van der Waals surface area contributed by atoms with E-state index in [2.05, 4.69) is 25.2 Å². The maximum Gasteiger partial charge on any atom is 0.269 e. The largest absolute Gasteiger partial charge is 0.487 e. The van der Waals surface area contributed by atoms with Crippen LogP contribution in [0.4, 0.5) is 0 Å². The zero-order chi connectivity index (χ0) is 21.8. The van der Waals surface area contributed by atoms with Crippen LogP contribution in [0.2, 0.25) is 0 Å². The van der Waals surface area contributed by atoms with Gasteiger partial charge in [-0.25, -0.2) is 4.98 Å². The Morgan fingerprint density at radius 3 is 2.90 bits per heavy atom. The number of nitrogens with zero attached hydrogens (tertiary/aromatic N) is 3. The molecule has 8 nitrogen and oxygen atoms in total. The third-order valence-electron chi connectivity index (χ3n) is 5.57. The summed E-state index contributed by atoms with van der Waals surface area (Å²) in [5.41, 5.74) is 3.72. The van der Waals surface area contributed by atoms with Crippen molar-refractivity contribution in [3.8, 4) is 5.75 Å². The lowest BCUT2D eigenvalue weighted by Gasteiger charge is -2.32. The van der Waals surface area contributed by atoms with Gasteiger partial charge in [0.1, 0.15) is 17.5 Å². The van der Waals surface area contributed by atoms with Gasteiger partial charge in [0.15, 0.2) is 0 Å². The Kier molecular flexibility index (Phi) is 6.27. The first kappa shape index (κ1) is 21.0. The highest BCUT2D eigenvalue weighted by Gasteiger charge is 2.22. The molecule has 3 aromatic rings. The SMILES string of the molecule is CCc1cc2ncc(CN3CCC[C@@H](Oc4ccc(C(=O)NC)nc4)C3)cc2[nH]c1=O. The third-order valence-corrected chi connectivity index (χ3v) is 5.57. The first-order chi connectivity index (χ1) is 15.1. The molecule has 1 saturated heterocycles. The van der Waals surface area contributed by atoms with E-state index in [0.29, 0.717) is 17.9 Å². The highest BCUT2D eigenvalue weighted by Crippen LogP contribution is 2.20. The lowest BCUT2D eigenvalue weighted by atomic mass is 10.1. The van der Waals surface area contributed by atoms with Crippen molar-refractivity contribution in [2.45, 2.75) is 38.8 Å². The van der Waals surface area contributed by atoms with Crippen molar-refractivity contribution in [2.75, 3.05) is 20.1 Å². The number of rotatable bonds is 6. The summed E-state index contributed by atoms with van der Waals surface area (Å²) in [6.45, 7) is 4.48. The van der Waals surface area contributed by atoms with Gasteiger partial charge >= 0.3 is 0 Å². The maximum absolute atomic E-state index is 12.1. The Hall–Kier alpha value is -3.26.